The Kier molecular flexibility index (Phi) is 6.38. The molecule has 0 atom stereocenters. The van der Waals surface area contributed by atoms with Gasteiger partial charge in [0.05, 0.1) is 5.56 Å². The number of carbonyl (C=O) groups excluding carboxylic acids is 1. The summed E-state index contributed by atoms with van der Waals surface area (Å²) in [5, 5.41) is 3.03. The Hall–Kier alpha value is -3.07. The molecule has 0 radical (unpaired) electrons. The molecule has 0 fully saturated rings. The molecule has 2 aromatic heterocycles. The third kappa shape index (κ3) is 4.68. The molecule has 3 rings (SSSR count). The zero-order valence-corrected chi connectivity index (χ0v) is 16.4. The zero-order valence-electron chi connectivity index (χ0n) is 15.6. The number of anilines is 2. The van der Waals surface area contributed by atoms with Crippen LogP contribution in [0.25, 0.3) is 0 Å². The fourth-order valence-electron chi connectivity index (χ4n) is 2.61. The maximum absolute atomic E-state index is 14.4. The molecule has 5 nitrogen and oxygen atoms in total. The maximum Gasteiger partial charge on any atom is 0.258 e. The smallest absolute Gasteiger partial charge is 0.258 e. The van der Waals surface area contributed by atoms with Crippen molar-refractivity contribution in [1.82, 2.24) is 9.97 Å². The molecule has 2 heterocycles. The lowest BCUT2D eigenvalue weighted by Gasteiger charge is -2.16. The van der Waals surface area contributed by atoms with Crippen LogP contribution in [0.3, 0.4) is 0 Å². The molecular formula is C20H17F3N4OS. The lowest BCUT2D eigenvalue weighted by Crippen LogP contribution is -2.15. The number of pyridine rings is 2. The van der Waals surface area contributed by atoms with Crippen LogP contribution >= 0.6 is 11.8 Å². The number of hydrogen-bond donors (Lipinski definition) is 1. The van der Waals surface area contributed by atoms with E-state index in [0.717, 1.165) is 17.8 Å². The molecule has 9 heteroatoms. The van der Waals surface area contributed by atoms with Crippen molar-refractivity contribution in [3.8, 4) is 0 Å². The second-order valence-electron chi connectivity index (χ2n) is 6.22. The summed E-state index contributed by atoms with van der Waals surface area (Å²) in [5.74, 6) is -3.74. The third-order valence-electron chi connectivity index (χ3n) is 3.98. The molecule has 0 aliphatic carbocycles. The highest BCUT2D eigenvalue weighted by Gasteiger charge is 2.21. The van der Waals surface area contributed by atoms with Crippen LogP contribution in [0.5, 0.6) is 0 Å². The number of carbonyl (C=O) groups is 1. The van der Waals surface area contributed by atoms with Gasteiger partial charge in [0.25, 0.3) is 5.91 Å². The number of halogens is 3. The van der Waals surface area contributed by atoms with Crippen LogP contribution in [0.15, 0.2) is 53.9 Å². The van der Waals surface area contributed by atoms with E-state index in [2.05, 4.69) is 15.3 Å². The Morgan fingerprint density at radius 2 is 1.83 bits per heavy atom. The van der Waals surface area contributed by atoms with Crippen LogP contribution in [0.2, 0.25) is 0 Å². The Morgan fingerprint density at radius 1 is 1.10 bits per heavy atom. The summed E-state index contributed by atoms with van der Waals surface area (Å²) in [6.07, 6.45) is 4.56. The number of aromatic nitrogens is 2. The van der Waals surface area contributed by atoms with Crippen LogP contribution in [0.1, 0.15) is 15.9 Å². The van der Waals surface area contributed by atoms with E-state index in [-0.39, 0.29) is 16.9 Å². The number of benzene rings is 1. The molecule has 0 spiro atoms. The van der Waals surface area contributed by atoms with Gasteiger partial charge in [-0.2, -0.15) is 0 Å². The summed E-state index contributed by atoms with van der Waals surface area (Å²) in [4.78, 5) is 21.8. The number of hydrogen-bond acceptors (Lipinski definition) is 5. The standard InChI is InChI=1S/C20H17F3N4OS/c1-27(2)18-15(21)10-12(16(22)17(18)23)11-29-20-14(4-3-7-25-20)19(28)26-13-5-8-24-9-6-13/h3-10H,11H2,1-2H3,(H,24,26,28). The average Bonchev–Trinajstić information content (AvgIpc) is 2.70. The van der Waals surface area contributed by atoms with Crippen molar-refractivity contribution in [2.75, 3.05) is 24.3 Å². The van der Waals surface area contributed by atoms with Crippen LogP contribution in [-0.4, -0.2) is 30.0 Å². The van der Waals surface area contributed by atoms with Gasteiger partial charge in [0.2, 0.25) is 0 Å². The van der Waals surface area contributed by atoms with Gasteiger partial charge in [0.15, 0.2) is 11.6 Å². The van der Waals surface area contributed by atoms with E-state index < -0.39 is 29.0 Å². The second-order valence-corrected chi connectivity index (χ2v) is 7.19. The molecule has 1 aromatic carbocycles. The molecule has 0 saturated heterocycles. The molecule has 0 unspecified atom stereocenters. The molecule has 150 valence electrons. The molecule has 3 aromatic rings. The minimum atomic E-state index is -1.25. The largest absolute Gasteiger partial charge is 0.373 e. The Bertz CT molecular complexity index is 1030. The topological polar surface area (TPSA) is 58.1 Å². The number of nitrogens with zero attached hydrogens (tertiary/aromatic N) is 3. The minimum absolute atomic E-state index is 0.0973. The Morgan fingerprint density at radius 3 is 2.52 bits per heavy atom. The lowest BCUT2D eigenvalue weighted by molar-refractivity contribution is 0.102. The van der Waals surface area contributed by atoms with Crippen molar-refractivity contribution >= 4 is 29.0 Å². The zero-order chi connectivity index (χ0) is 21.0. The first-order chi connectivity index (χ1) is 13.9. The monoisotopic (exact) mass is 418 g/mol. The van der Waals surface area contributed by atoms with E-state index in [1.165, 1.54) is 37.6 Å². The molecule has 0 saturated carbocycles. The van der Waals surface area contributed by atoms with Crippen LogP contribution in [0, 0.1) is 17.5 Å². The second kappa shape index (κ2) is 8.95. The molecule has 0 bridgehead atoms. The summed E-state index contributed by atoms with van der Waals surface area (Å²) >= 11 is 1.01. The highest BCUT2D eigenvalue weighted by molar-refractivity contribution is 7.98. The van der Waals surface area contributed by atoms with Gasteiger partial charge in [-0.05, 0) is 30.3 Å². The van der Waals surface area contributed by atoms with Gasteiger partial charge in [0.1, 0.15) is 16.5 Å². The van der Waals surface area contributed by atoms with Gasteiger partial charge in [-0.25, -0.2) is 18.2 Å². The van der Waals surface area contributed by atoms with Gasteiger partial charge in [-0.1, -0.05) is 0 Å². The normalized spacial score (nSPS) is 10.7. The summed E-state index contributed by atoms with van der Waals surface area (Å²) in [5.41, 5.74) is 0.230. The highest BCUT2D eigenvalue weighted by atomic mass is 32.2. The summed E-state index contributed by atoms with van der Waals surface area (Å²) < 4.78 is 42.7. The van der Waals surface area contributed by atoms with Crippen LogP contribution in [-0.2, 0) is 5.75 Å². The van der Waals surface area contributed by atoms with Crippen molar-refractivity contribution in [2.45, 2.75) is 10.8 Å². The maximum atomic E-state index is 14.4. The van der Waals surface area contributed by atoms with Gasteiger partial charge in [0, 0.05) is 49.7 Å². The fraction of sp³-hybridized carbons (Fsp3) is 0.150. The molecule has 1 N–H and O–H groups in total. The molecule has 0 aliphatic rings. The quantitative estimate of drug-likeness (QED) is 0.472. The van der Waals surface area contributed by atoms with E-state index in [9.17, 15) is 18.0 Å². The van der Waals surface area contributed by atoms with Gasteiger partial charge in [-0.15, -0.1) is 11.8 Å². The number of rotatable bonds is 6. The fourth-order valence-corrected chi connectivity index (χ4v) is 3.56. The van der Waals surface area contributed by atoms with Crippen molar-refractivity contribution < 1.29 is 18.0 Å². The number of amides is 1. The average molecular weight is 418 g/mol. The van der Waals surface area contributed by atoms with Gasteiger partial charge < -0.3 is 10.2 Å². The van der Waals surface area contributed by atoms with Crippen LogP contribution in [0.4, 0.5) is 24.5 Å². The first kappa shape index (κ1) is 20.7. The van der Waals surface area contributed by atoms with E-state index >= 15 is 0 Å². The van der Waals surface area contributed by atoms with E-state index in [1.807, 2.05) is 0 Å². The summed E-state index contributed by atoms with van der Waals surface area (Å²) in [7, 11) is 2.86. The SMILES string of the molecule is CN(C)c1c(F)cc(CSc2ncccc2C(=O)Nc2ccncc2)c(F)c1F. The Balaban J connectivity index is 1.81. The van der Waals surface area contributed by atoms with Crippen LogP contribution < -0.4 is 10.2 Å². The minimum Gasteiger partial charge on any atom is -0.373 e. The lowest BCUT2D eigenvalue weighted by atomic mass is 10.2. The summed E-state index contributed by atoms with van der Waals surface area (Å²) in [6.45, 7) is 0. The molecule has 29 heavy (non-hydrogen) atoms. The molecule has 1 amide bonds. The van der Waals surface area contributed by atoms with Gasteiger partial charge >= 0.3 is 0 Å². The number of thioether (sulfide) groups is 1. The van der Waals surface area contributed by atoms with E-state index in [1.54, 1.807) is 24.3 Å². The first-order valence-corrected chi connectivity index (χ1v) is 9.50. The Labute approximate surface area is 170 Å². The predicted octanol–water partition coefficient (Wildman–Crippen LogP) is 4.50. The first-order valence-electron chi connectivity index (χ1n) is 8.51. The van der Waals surface area contributed by atoms with Crippen molar-refractivity contribution in [3.63, 3.8) is 0 Å². The number of nitrogens with one attached hydrogen (secondary N) is 1. The predicted molar refractivity (Wildman–Crippen MR) is 107 cm³/mol. The molecular weight excluding hydrogens is 401 g/mol. The third-order valence-corrected chi connectivity index (χ3v) is 5.03. The van der Waals surface area contributed by atoms with Crippen molar-refractivity contribution in [3.05, 3.63) is 77.5 Å². The van der Waals surface area contributed by atoms with Crippen molar-refractivity contribution in [1.29, 1.82) is 0 Å². The van der Waals surface area contributed by atoms with Crippen molar-refractivity contribution in [2.24, 2.45) is 0 Å². The molecule has 0 aliphatic heterocycles. The van der Waals surface area contributed by atoms with Gasteiger partial charge in [-0.3, -0.25) is 9.78 Å². The van der Waals surface area contributed by atoms with E-state index in [0.29, 0.717) is 10.7 Å². The van der Waals surface area contributed by atoms with E-state index in [4.69, 9.17) is 0 Å². The highest BCUT2D eigenvalue weighted by Crippen LogP contribution is 2.31. The summed E-state index contributed by atoms with van der Waals surface area (Å²) in [6, 6.07) is 7.39.